The molecule has 1 fully saturated rings. The van der Waals surface area contributed by atoms with Crippen LogP contribution in [0.2, 0.25) is 0 Å². The number of pyridine rings is 1. The van der Waals surface area contributed by atoms with E-state index in [1.165, 1.54) is 5.56 Å². The van der Waals surface area contributed by atoms with Crippen molar-refractivity contribution < 1.29 is 0 Å². The van der Waals surface area contributed by atoms with Crippen LogP contribution in [-0.2, 0) is 6.54 Å². The Kier molecular flexibility index (Phi) is 3.97. The first-order valence-electron chi connectivity index (χ1n) is 6.38. The zero-order valence-electron chi connectivity index (χ0n) is 10.8. The Labute approximate surface area is 103 Å². The topological polar surface area (TPSA) is 45.4 Å². The van der Waals surface area contributed by atoms with Gasteiger partial charge in [-0.15, -0.1) is 0 Å². The average molecular weight is 234 g/mol. The van der Waals surface area contributed by atoms with E-state index < -0.39 is 0 Å². The van der Waals surface area contributed by atoms with Crippen molar-refractivity contribution in [1.82, 2.24) is 9.88 Å². The van der Waals surface area contributed by atoms with Gasteiger partial charge in [-0.25, -0.2) is 4.98 Å². The van der Waals surface area contributed by atoms with Gasteiger partial charge in [0.2, 0.25) is 0 Å². The molecule has 1 aliphatic rings. The quantitative estimate of drug-likeness (QED) is 0.847. The van der Waals surface area contributed by atoms with Gasteiger partial charge in [-0.05, 0) is 31.2 Å². The highest BCUT2D eigenvalue weighted by atomic mass is 15.3. The van der Waals surface area contributed by atoms with Gasteiger partial charge in [0.25, 0.3) is 0 Å². The van der Waals surface area contributed by atoms with Crippen LogP contribution in [0, 0.1) is 6.92 Å². The van der Waals surface area contributed by atoms with E-state index >= 15 is 0 Å². The van der Waals surface area contributed by atoms with E-state index in [9.17, 15) is 0 Å². The predicted molar refractivity (Wildman–Crippen MR) is 71.2 cm³/mol. The molecule has 0 atom stereocenters. The van der Waals surface area contributed by atoms with Crippen molar-refractivity contribution in [2.45, 2.75) is 20.4 Å². The minimum absolute atomic E-state index is 0.589. The van der Waals surface area contributed by atoms with Gasteiger partial charge < -0.3 is 15.5 Å². The Morgan fingerprint density at radius 2 is 1.94 bits per heavy atom. The molecule has 2 rings (SSSR count). The highest BCUT2D eigenvalue weighted by Gasteiger charge is 2.17. The zero-order chi connectivity index (χ0) is 12.3. The summed E-state index contributed by atoms with van der Waals surface area (Å²) in [4.78, 5) is 9.44. The number of rotatable bonds is 3. The number of hydrogen-bond acceptors (Lipinski definition) is 4. The number of nitrogens with two attached hydrogens (primary N) is 1. The summed E-state index contributed by atoms with van der Waals surface area (Å²) in [7, 11) is 0. The Hall–Kier alpha value is -1.13. The number of nitrogens with zero attached hydrogens (tertiary/aromatic N) is 3. The van der Waals surface area contributed by atoms with Gasteiger partial charge in [0.1, 0.15) is 5.82 Å². The molecule has 0 bridgehead atoms. The Morgan fingerprint density at radius 1 is 1.24 bits per heavy atom. The third-order valence-corrected chi connectivity index (χ3v) is 3.38. The fraction of sp³-hybridized carbons (Fsp3) is 0.615. The largest absolute Gasteiger partial charge is 0.354 e. The normalized spacial score (nSPS) is 17.5. The molecule has 1 aromatic heterocycles. The summed E-state index contributed by atoms with van der Waals surface area (Å²) in [6.07, 6.45) is 0. The van der Waals surface area contributed by atoms with Crippen LogP contribution < -0.4 is 10.6 Å². The van der Waals surface area contributed by atoms with Gasteiger partial charge >= 0.3 is 0 Å². The molecule has 17 heavy (non-hydrogen) atoms. The number of hydrogen-bond donors (Lipinski definition) is 1. The third-order valence-electron chi connectivity index (χ3n) is 3.38. The summed E-state index contributed by atoms with van der Waals surface area (Å²) in [5.74, 6) is 1.08. The van der Waals surface area contributed by atoms with Crippen molar-refractivity contribution in [2.75, 3.05) is 37.6 Å². The van der Waals surface area contributed by atoms with E-state index in [2.05, 4.69) is 33.8 Å². The number of aryl methyl sites for hydroxylation is 1. The van der Waals surface area contributed by atoms with Crippen molar-refractivity contribution in [3.63, 3.8) is 0 Å². The molecular weight excluding hydrogens is 212 g/mol. The molecule has 0 spiro atoms. The second kappa shape index (κ2) is 5.47. The van der Waals surface area contributed by atoms with Gasteiger partial charge in [0, 0.05) is 38.4 Å². The smallest absolute Gasteiger partial charge is 0.129 e. The molecule has 0 unspecified atom stereocenters. The minimum Gasteiger partial charge on any atom is -0.354 e. The Balaban J connectivity index is 2.10. The van der Waals surface area contributed by atoms with Crippen molar-refractivity contribution in [2.24, 2.45) is 5.73 Å². The summed E-state index contributed by atoms with van der Waals surface area (Å²) in [5, 5.41) is 0. The Bertz CT molecular complexity index is 370. The molecule has 4 heteroatoms. The molecule has 0 aliphatic carbocycles. The average Bonchev–Trinajstić information content (AvgIpc) is 2.38. The molecule has 1 saturated heterocycles. The van der Waals surface area contributed by atoms with Crippen molar-refractivity contribution >= 4 is 5.82 Å². The molecule has 2 heterocycles. The summed E-state index contributed by atoms with van der Waals surface area (Å²) in [6.45, 7) is 10.4. The molecule has 0 aromatic carbocycles. The zero-order valence-corrected chi connectivity index (χ0v) is 10.8. The second-order valence-corrected chi connectivity index (χ2v) is 4.60. The first-order chi connectivity index (χ1) is 8.22. The number of aromatic nitrogens is 1. The molecule has 0 radical (unpaired) electrons. The molecule has 94 valence electrons. The van der Waals surface area contributed by atoms with Crippen molar-refractivity contribution in [3.8, 4) is 0 Å². The van der Waals surface area contributed by atoms with E-state index in [0.717, 1.165) is 44.2 Å². The summed E-state index contributed by atoms with van der Waals surface area (Å²) in [5.41, 5.74) is 7.93. The van der Waals surface area contributed by atoms with E-state index in [1.54, 1.807) is 0 Å². The van der Waals surface area contributed by atoms with E-state index in [4.69, 9.17) is 5.73 Å². The first kappa shape index (κ1) is 12.3. The molecule has 4 nitrogen and oxygen atoms in total. The van der Waals surface area contributed by atoms with E-state index in [1.807, 2.05) is 6.92 Å². The van der Waals surface area contributed by atoms with Crippen LogP contribution in [-0.4, -0.2) is 42.6 Å². The maximum Gasteiger partial charge on any atom is 0.129 e. The van der Waals surface area contributed by atoms with Gasteiger partial charge in [-0.2, -0.15) is 0 Å². The standard InChI is InChI=1S/C13H22N4/c1-3-16-4-6-17(7-5-16)13-9-12(10-14)8-11(2)15-13/h8-9H,3-7,10,14H2,1-2H3. The third kappa shape index (κ3) is 2.96. The monoisotopic (exact) mass is 234 g/mol. The lowest BCUT2D eigenvalue weighted by Gasteiger charge is -2.35. The van der Waals surface area contributed by atoms with Crippen LogP contribution in [0.25, 0.3) is 0 Å². The van der Waals surface area contributed by atoms with Crippen LogP contribution in [0.3, 0.4) is 0 Å². The lowest BCUT2D eigenvalue weighted by molar-refractivity contribution is 0.270. The molecule has 0 amide bonds. The highest BCUT2D eigenvalue weighted by molar-refractivity contribution is 5.43. The van der Waals surface area contributed by atoms with Crippen LogP contribution in [0.4, 0.5) is 5.82 Å². The second-order valence-electron chi connectivity index (χ2n) is 4.60. The fourth-order valence-electron chi connectivity index (χ4n) is 2.29. The molecule has 1 aliphatic heterocycles. The van der Waals surface area contributed by atoms with Crippen LogP contribution >= 0.6 is 0 Å². The summed E-state index contributed by atoms with van der Waals surface area (Å²) in [6, 6.07) is 4.18. The lowest BCUT2D eigenvalue weighted by Crippen LogP contribution is -2.46. The summed E-state index contributed by atoms with van der Waals surface area (Å²) >= 11 is 0. The predicted octanol–water partition coefficient (Wildman–Crippen LogP) is 0.991. The molecule has 2 N–H and O–H groups in total. The van der Waals surface area contributed by atoms with Crippen LogP contribution in [0.1, 0.15) is 18.2 Å². The van der Waals surface area contributed by atoms with Crippen LogP contribution in [0.15, 0.2) is 12.1 Å². The van der Waals surface area contributed by atoms with Gasteiger partial charge in [0.05, 0.1) is 0 Å². The number of likely N-dealkylation sites (N-methyl/N-ethyl adjacent to an activating group) is 1. The SMILES string of the molecule is CCN1CCN(c2cc(CN)cc(C)n2)CC1. The van der Waals surface area contributed by atoms with Gasteiger partial charge in [-0.3, -0.25) is 0 Å². The minimum atomic E-state index is 0.589. The van der Waals surface area contributed by atoms with E-state index in [0.29, 0.717) is 6.54 Å². The maximum atomic E-state index is 5.71. The van der Waals surface area contributed by atoms with Crippen molar-refractivity contribution in [1.29, 1.82) is 0 Å². The summed E-state index contributed by atoms with van der Waals surface area (Å²) < 4.78 is 0. The van der Waals surface area contributed by atoms with Gasteiger partial charge in [0.15, 0.2) is 0 Å². The number of piperazine rings is 1. The molecular formula is C13H22N4. The molecule has 0 saturated carbocycles. The number of anilines is 1. The van der Waals surface area contributed by atoms with Crippen LogP contribution in [0.5, 0.6) is 0 Å². The van der Waals surface area contributed by atoms with Gasteiger partial charge in [-0.1, -0.05) is 6.92 Å². The lowest BCUT2D eigenvalue weighted by atomic mass is 10.2. The van der Waals surface area contributed by atoms with E-state index in [-0.39, 0.29) is 0 Å². The Morgan fingerprint density at radius 3 is 2.53 bits per heavy atom. The highest BCUT2D eigenvalue weighted by Crippen LogP contribution is 2.16. The maximum absolute atomic E-state index is 5.71. The van der Waals surface area contributed by atoms with Crippen molar-refractivity contribution in [3.05, 3.63) is 23.4 Å². The first-order valence-corrected chi connectivity index (χ1v) is 6.38. The molecule has 1 aromatic rings. The fourth-order valence-corrected chi connectivity index (χ4v) is 2.29.